The van der Waals surface area contributed by atoms with E-state index in [1.807, 2.05) is 48.5 Å². The molecule has 4 aliphatic carbocycles. The highest BCUT2D eigenvalue weighted by molar-refractivity contribution is 4.84. The fourth-order valence-corrected chi connectivity index (χ4v) is 9.81. The van der Waals surface area contributed by atoms with Gasteiger partial charge in [-0.15, -0.1) is 0 Å². The molecule has 4 aliphatic rings. The third kappa shape index (κ3) is 49.5. The first-order valence-electron chi connectivity index (χ1n) is 31.3. The molecule has 11 unspecified atom stereocenters. The quantitative estimate of drug-likeness (QED) is 0.241. The van der Waals surface area contributed by atoms with Crippen LogP contribution in [0.25, 0.3) is 0 Å². The Morgan fingerprint density at radius 1 is 0.416 bits per heavy atom. The summed E-state index contributed by atoms with van der Waals surface area (Å²) in [6.07, 6.45) is -1.91. The van der Waals surface area contributed by atoms with Crippen molar-refractivity contribution in [1.82, 2.24) is 0 Å². The first-order chi connectivity index (χ1) is 35.1. The zero-order chi connectivity index (χ0) is 64.1. The standard InChI is InChI=1S/2C9H15F3.C8H13F3.C8H16.C7H16.C6H11F3.3C6H14/c1-6-3-7(2)5-8(4-6)9(10,11)12;1-6-4-3-5-8(7(6)2)9(10,11)12;1-5-3-6(2)7(4-5)8(9,10)11;1-6-4-5-7(2)8(6)3;1-5-6-7(2,3)4;1-3-4-5(2)6(7,8)9;2*1-5-6(2,3)4;1-4-5-6(2)3/h2*6-8H,3-5H2,1-2H3;5-7H,3-4H2,1-2H3;6-8H,4-5H2,1-3H3;5-6H2,1-4H3;5H,3-4H2,1-2H3;2*5H2,1-4H3;6H,4-5H2,1-3H3/i;;;;;;5D2;;. The van der Waals surface area contributed by atoms with E-state index in [0.29, 0.717) is 42.9 Å². The summed E-state index contributed by atoms with van der Waals surface area (Å²) in [5.41, 5.74) is 0.863. The molecule has 11 atom stereocenters. The summed E-state index contributed by atoms with van der Waals surface area (Å²) in [5, 5.41) is 0. The van der Waals surface area contributed by atoms with E-state index in [-0.39, 0.29) is 47.3 Å². The third-order valence-electron chi connectivity index (χ3n) is 16.1. The molecule has 0 nitrogen and oxygen atoms in total. The molecule has 0 aromatic rings. The predicted octanol–water partition coefficient (Wildman–Crippen LogP) is 26.3. The highest BCUT2D eigenvalue weighted by Gasteiger charge is 2.48. The van der Waals surface area contributed by atoms with Gasteiger partial charge in [-0.3, -0.25) is 0 Å². The van der Waals surface area contributed by atoms with E-state index in [0.717, 1.165) is 49.4 Å². The Kier molecular flexibility index (Phi) is 42.2. The Bertz CT molecular complexity index is 1390. The van der Waals surface area contributed by atoms with Crippen molar-refractivity contribution >= 4 is 0 Å². The van der Waals surface area contributed by atoms with Crippen LogP contribution in [0.3, 0.4) is 0 Å². The molecule has 0 amide bonds. The van der Waals surface area contributed by atoms with Crippen LogP contribution in [0.4, 0.5) is 52.7 Å². The lowest BCUT2D eigenvalue weighted by molar-refractivity contribution is -0.199. The maximum Gasteiger partial charge on any atom is 0.392 e. The average molecular weight is 1140 g/mol. The number of alkyl halides is 12. The van der Waals surface area contributed by atoms with Crippen LogP contribution in [-0.4, -0.2) is 24.7 Å². The van der Waals surface area contributed by atoms with Gasteiger partial charge in [0.2, 0.25) is 0 Å². The molecule has 0 heterocycles. The molecule has 4 fully saturated rings. The van der Waals surface area contributed by atoms with Crippen molar-refractivity contribution in [2.45, 2.75) is 320 Å². The number of rotatable bonds is 5. The van der Waals surface area contributed by atoms with Gasteiger partial charge in [0.15, 0.2) is 0 Å². The molecule has 0 N–H and O–H groups in total. The molecule has 0 aromatic heterocycles. The first-order valence-corrected chi connectivity index (χ1v) is 30.3. The first kappa shape index (κ1) is 80.4. The molecular weight excluding hydrogens is 1010 g/mol. The second-order valence-electron chi connectivity index (χ2n) is 28.3. The second kappa shape index (κ2) is 40.4. The molecule has 0 spiro atoms. The van der Waals surface area contributed by atoms with Crippen LogP contribution in [0.15, 0.2) is 0 Å². The SMILES string of the molecule is CC1CC(C)C(C(F)(F)F)C1.CC1CC(C)CC(C(F)(F)F)C1.CC1CCC(C)C1C.CC1CCCC(C(F)(F)F)C1C.CCC(C)(C)C.CCCC(C)(C)C.CCCC(C)C.CCCC(C)C(F)(F)F.[2H]C([2H])(C)C(C)(C)C. The van der Waals surface area contributed by atoms with Crippen molar-refractivity contribution in [2.75, 3.05) is 0 Å². The van der Waals surface area contributed by atoms with E-state index in [1.54, 1.807) is 27.7 Å². The van der Waals surface area contributed by atoms with Crippen LogP contribution in [0, 0.1) is 99.1 Å². The van der Waals surface area contributed by atoms with Crippen LogP contribution in [0.1, 0.15) is 298 Å². The van der Waals surface area contributed by atoms with E-state index in [4.69, 9.17) is 2.74 Å². The molecule has 0 aromatic carbocycles. The molecule has 0 radical (unpaired) electrons. The van der Waals surface area contributed by atoms with Crippen molar-refractivity contribution in [3.63, 3.8) is 0 Å². The van der Waals surface area contributed by atoms with Gasteiger partial charge in [0.1, 0.15) is 0 Å². The minimum atomic E-state index is -3.99. The molecule has 12 heteroatoms. The predicted molar refractivity (Wildman–Crippen MR) is 311 cm³/mol. The van der Waals surface area contributed by atoms with Crippen molar-refractivity contribution in [1.29, 1.82) is 0 Å². The number of halogens is 12. The monoisotopic (exact) mass is 1140 g/mol. The minimum absolute atomic E-state index is 0.176. The Labute approximate surface area is 473 Å². The molecule has 4 saturated carbocycles. The van der Waals surface area contributed by atoms with Crippen LogP contribution in [0.2, 0.25) is 0 Å². The molecule has 4 rings (SSSR count). The van der Waals surface area contributed by atoms with Crippen LogP contribution >= 0.6 is 0 Å². The summed E-state index contributed by atoms with van der Waals surface area (Å²) in [7, 11) is 0. The Morgan fingerprint density at radius 2 is 0.792 bits per heavy atom. The molecule has 0 aliphatic heterocycles. The van der Waals surface area contributed by atoms with Crippen LogP contribution in [0.5, 0.6) is 0 Å². The summed E-state index contributed by atoms with van der Waals surface area (Å²) >= 11 is 0. The lowest BCUT2D eigenvalue weighted by Crippen LogP contribution is -2.35. The number of hydrogen-bond donors (Lipinski definition) is 0. The highest BCUT2D eigenvalue weighted by atomic mass is 19.4. The minimum Gasteiger partial charge on any atom is -0.171 e. The Balaban J connectivity index is -0.000000263. The van der Waals surface area contributed by atoms with Gasteiger partial charge >= 0.3 is 24.7 Å². The summed E-state index contributed by atoms with van der Waals surface area (Å²) in [5.74, 6) is 0.156. The second-order valence-corrected chi connectivity index (χ2v) is 28.3. The van der Waals surface area contributed by atoms with E-state index < -0.39 is 54.7 Å². The maximum atomic E-state index is 12.4. The maximum absolute atomic E-state index is 12.4. The van der Waals surface area contributed by atoms with E-state index >= 15 is 0 Å². The molecule has 77 heavy (non-hydrogen) atoms. The zero-order valence-electron chi connectivity index (χ0n) is 56.6. The van der Waals surface area contributed by atoms with Gasteiger partial charge in [-0.25, -0.2) is 0 Å². The van der Waals surface area contributed by atoms with Gasteiger partial charge in [0, 0.05) is 2.74 Å². The molecular formula is C65H128F12. The Hall–Kier alpha value is -0.840. The third-order valence-corrected chi connectivity index (χ3v) is 16.1. The fourth-order valence-electron chi connectivity index (χ4n) is 9.81. The van der Waals surface area contributed by atoms with Gasteiger partial charge in [0.25, 0.3) is 0 Å². The summed E-state index contributed by atoms with van der Waals surface area (Å²) < 4.78 is 160. The zero-order valence-corrected chi connectivity index (χ0v) is 54.6. The van der Waals surface area contributed by atoms with Gasteiger partial charge in [-0.1, -0.05) is 244 Å². The normalized spacial score (nSPS) is 28.7. The van der Waals surface area contributed by atoms with Crippen molar-refractivity contribution in [3.8, 4) is 0 Å². The van der Waals surface area contributed by atoms with Crippen molar-refractivity contribution in [2.24, 2.45) is 99.1 Å². The summed E-state index contributed by atoms with van der Waals surface area (Å²) in [6.45, 7) is 53.1. The number of hydrogen-bond acceptors (Lipinski definition) is 0. The van der Waals surface area contributed by atoms with Crippen molar-refractivity contribution in [3.05, 3.63) is 0 Å². The van der Waals surface area contributed by atoms with E-state index in [1.165, 1.54) is 51.9 Å². The molecule has 472 valence electrons. The summed E-state index contributed by atoms with van der Waals surface area (Å²) in [6, 6.07) is 0. The highest BCUT2D eigenvalue weighted by Crippen LogP contribution is 2.46. The fraction of sp³-hybridized carbons (Fsp3) is 1.00. The van der Waals surface area contributed by atoms with E-state index in [9.17, 15) is 52.7 Å². The molecule has 0 saturated heterocycles. The topological polar surface area (TPSA) is 0 Å². The van der Waals surface area contributed by atoms with E-state index in [2.05, 4.69) is 96.9 Å². The lowest BCUT2D eigenvalue weighted by atomic mass is 9.73. The lowest BCUT2D eigenvalue weighted by Gasteiger charge is -2.35. The smallest absolute Gasteiger partial charge is 0.171 e. The molecule has 0 bridgehead atoms. The van der Waals surface area contributed by atoms with Crippen LogP contribution in [-0.2, 0) is 0 Å². The van der Waals surface area contributed by atoms with Gasteiger partial charge < -0.3 is 0 Å². The van der Waals surface area contributed by atoms with Crippen molar-refractivity contribution < 1.29 is 55.4 Å². The van der Waals surface area contributed by atoms with Crippen LogP contribution < -0.4 is 0 Å². The van der Waals surface area contributed by atoms with Gasteiger partial charge in [0.05, 0.1) is 23.7 Å². The average Bonchev–Trinajstić information content (AvgIpc) is 3.75. The van der Waals surface area contributed by atoms with Gasteiger partial charge in [-0.05, 0) is 127 Å². The largest absolute Gasteiger partial charge is 0.392 e. The van der Waals surface area contributed by atoms with Gasteiger partial charge in [-0.2, -0.15) is 52.7 Å². The summed E-state index contributed by atoms with van der Waals surface area (Å²) in [4.78, 5) is 0. The Morgan fingerprint density at radius 3 is 0.961 bits per heavy atom.